The molecular weight excluding hydrogens is 512 g/mol. The van der Waals surface area contributed by atoms with E-state index in [0.717, 1.165) is 44.7 Å². The summed E-state index contributed by atoms with van der Waals surface area (Å²) in [5, 5.41) is 3.17. The highest BCUT2D eigenvalue weighted by atomic mass is 16.5. The average molecular weight is 555 g/mol. The zero-order chi connectivity index (χ0) is 28.6. The fourth-order valence-corrected chi connectivity index (χ4v) is 5.58. The minimum atomic E-state index is -0.521. The van der Waals surface area contributed by atoms with Gasteiger partial charge in [0, 0.05) is 51.3 Å². The van der Waals surface area contributed by atoms with Crippen LogP contribution in [0.3, 0.4) is 0 Å². The summed E-state index contributed by atoms with van der Waals surface area (Å²) in [7, 11) is 8.38. The van der Waals surface area contributed by atoms with Gasteiger partial charge in [0.25, 0.3) is 0 Å². The molecule has 10 nitrogen and oxygen atoms in total. The minimum absolute atomic E-state index is 0.0517. The maximum absolute atomic E-state index is 13.7. The normalized spacial score (nSPS) is 20.2. The van der Waals surface area contributed by atoms with Crippen molar-refractivity contribution in [2.24, 2.45) is 5.92 Å². The molecule has 0 radical (unpaired) electrons. The van der Waals surface area contributed by atoms with E-state index >= 15 is 0 Å². The molecule has 2 fully saturated rings. The van der Waals surface area contributed by atoms with Gasteiger partial charge in [-0.25, -0.2) is 0 Å². The lowest BCUT2D eigenvalue weighted by Crippen LogP contribution is -2.49. The average Bonchev–Trinajstić information content (AvgIpc) is 2.99. The summed E-state index contributed by atoms with van der Waals surface area (Å²) in [5.74, 6) is 1.46. The van der Waals surface area contributed by atoms with Crippen molar-refractivity contribution in [3.8, 4) is 23.0 Å². The van der Waals surface area contributed by atoms with Crippen LogP contribution in [-0.4, -0.2) is 96.4 Å². The molecule has 218 valence electrons. The summed E-state index contributed by atoms with van der Waals surface area (Å²) in [6, 6.07) is 10.5. The number of ether oxygens (including phenoxy) is 4. The van der Waals surface area contributed by atoms with Gasteiger partial charge in [0.05, 0.1) is 46.1 Å². The zero-order valence-corrected chi connectivity index (χ0v) is 24.3. The van der Waals surface area contributed by atoms with Crippen molar-refractivity contribution in [1.82, 2.24) is 15.1 Å². The van der Waals surface area contributed by atoms with Crippen molar-refractivity contribution >= 4 is 17.5 Å². The number of benzene rings is 2. The first-order valence-electron chi connectivity index (χ1n) is 13.8. The SMILES string of the molecule is COc1ccc([C@@H]2[C@H](C(=O)NCCCN3CCN(C)CC3)CCC(=O)N2c2cc(OC)c(OC)c(OC)c2)cc1. The third kappa shape index (κ3) is 6.62. The van der Waals surface area contributed by atoms with Crippen LogP contribution in [0.5, 0.6) is 23.0 Å². The van der Waals surface area contributed by atoms with Gasteiger partial charge in [-0.05, 0) is 44.1 Å². The Kier molecular flexibility index (Phi) is 10.1. The van der Waals surface area contributed by atoms with E-state index in [0.29, 0.717) is 41.7 Å². The van der Waals surface area contributed by atoms with Gasteiger partial charge in [0.15, 0.2) is 11.5 Å². The van der Waals surface area contributed by atoms with Crippen molar-refractivity contribution in [1.29, 1.82) is 0 Å². The number of hydrogen-bond donors (Lipinski definition) is 1. The van der Waals surface area contributed by atoms with Crippen molar-refractivity contribution in [3.05, 3.63) is 42.0 Å². The van der Waals surface area contributed by atoms with Crippen molar-refractivity contribution in [2.45, 2.75) is 25.3 Å². The van der Waals surface area contributed by atoms with Crippen LogP contribution in [-0.2, 0) is 9.59 Å². The molecule has 2 aliphatic rings. The van der Waals surface area contributed by atoms with E-state index < -0.39 is 12.0 Å². The Labute approximate surface area is 237 Å². The maximum atomic E-state index is 13.7. The Hall–Kier alpha value is -3.50. The van der Waals surface area contributed by atoms with E-state index in [-0.39, 0.29) is 18.2 Å². The number of likely N-dealkylation sites (N-methyl/N-ethyl adjacent to an activating group) is 1. The predicted molar refractivity (Wildman–Crippen MR) is 154 cm³/mol. The Bertz CT molecular complexity index is 1120. The van der Waals surface area contributed by atoms with Gasteiger partial charge in [-0.3, -0.25) is 9.59 Å². The lowest BCUT2D eigenvalue weighted by atomic mass is 9.83. The van der Waals surface area contributed by atoms with E-state index in [1.165, 1.54) is 7.11 Å². The topological polar surface area (TPSA) is 92.8 Å². The Morgan fingerprint density at radius 1 is 0.925 bits per heavy atom. The number of hydrogen-bond acceptors (Lipinski definition) is 8. The first kappa shape index (κ1) is 29.5. The molecule has 2 aromatic rings. The highest BCUT2D eigenvalue weighted by Gasteiger charge is 2.42. The van der Waals surface area contributed by atoms with E-state index in [2.05, 4.69) is 22.2 Å². The first-order chi connectivity index (χ1) is 19.4. The lowest BCUT2D eigenvalue weighted by molar-refractivity contribution is -0.129. The van der Waals surface area contributed by atoms with Crippen LogP contribution in [0.2, 0.25) is 0 Å². The number of nitrogens with one attached hydrogen (secondary N) is 1. The van der Waals surface area contributed by atoms with Gasteiger partial charge >= 0.3 is 0 Å². The van der Waals surface area contributed by atoms with Gasteiger partial charge in [-0.2, -0.15) is 0 Å². The molecule has 2 aromatic carbocycles. The number of piperazine rings is 1. The molecule has 40 heavy (non-hydrogen) atoms. The van der Waals surface area contributed by atoms with Gasteiger partial charge in [0.2, 0.25) is 17.6 Å². The van der Waals surface area contributed by atoms with Crippen molar-refractivity contribution in [3.63, 3.8) is 0 Å². The lowest BCUT2D eigenvalue weighted by Gasteiger charge is -2.41. The zero-order valence-electron chi connectivity index (χ0n) is 24.3. The Morgan fingerprint density at radius 2 is 1.57 bits per heavy atom. The molecule has 1 N–H and O–H groups in total. The smallest absolute Gasteiger partial charge is 0.227 e. The summed E-state index contributed by atoms with van der Waals surface area (Å²) in [6.07, 6.45) is 1.59. The van der Waals surface area contributed by atoms with E-state index in [1.807, 2.05) is 24.3 Å². The molecule has 4 rings (SSSR count). The first-order valence-corrected chi connectivity index (χ1v) is 13.8. The number of piperidine rings is 1. The summed E-state index contributed by atoms with van der Waals surface area (Å²) >= 11 is 0. The van der Waals surface area contributed by atoms with Crippen LogP contribution in [0, 0.1) is 5.92 Å². The van der Waals surface area contributed by atoms with E-state index in [1.54, 1.807) is 38.4 Å². The van der Waals surface area contributed by atoms with E-state index in [9.17, 15) is 9.59 Å². The molecule has 2 atom stereocenters. The quantitative estimate of drug-likeness (QED) is 0.424. The minimum Gasteiger partial charge on any atom is -0.497 e. The number of carbonyl (C=O) groups excluding carboxylic acids is 2. The summed E-state index contributed by atoms with van der Waals surface area (Å²) in [4.78, 5) is 33.7. The molecule has 2 aliphatic heterocycles. The van der Waals surface area contributed by atoms with Gasteiger partial charge in [-0.1, -0.05) is 12.1 Å². The largest absolute Gasteiger partial charge is 0.497 e. The standard InChI is InChI=1S/C30H42N4O6/c1-32-15-17-33(18-16-32)14-6-13-31-30(36)24-11-12-27(35)34(28(24)21-7-9-23(37-2)10-8-21)22-19-25(38-3)29(40-5)26(20-22)39-4/h7-10,19-20,24,28H,6,11-18H2,1-5H3,(H,31,36)/t24-,28-/m1/s1. The number of nitrogens with zero attached hydrogens (tertiary/aromatic N) is 3. The number of rotatable bonds is 11. The van der Waals surface area contributed by atoms with Crippen LogP contribution >= 0.6 is 0 Å². The predicted octanol–water partition coefficient (Wildman–Crippen LogP) is 2.96. The molecule has 2 amide bonds. The second-order valence-electron chi connectivity index (χ2n) is 10.3. The molecule has 10 heteroatoms. The highest BCUT2D eigenvalue weighted by Crippen LogP contribution is 2.46. The number of carbonyl (C=O) groups is 2. The van der Waals surface area contributed by atoms with Crippen LogP contribution in [0.15, 0.2) is 36.4 Å². The Balaban J connectivity index is 1.59. The monoisotopic (exact) mass is 554 g/mol. The number of amides is 2. The van der Waals surface area contributed by atoms with Crippen LogP contribution in [0.25, 0.3) is 0 Å². The highest BCUT2D eigenvalue weighted by molar-refractivity contribution is 5.98. The molecule has 0 aliphatic carbocycles. The Morgan fingerprint density at radius 3 is 2.15 bits per heavy atom. The van der Waals surface area contributed by atoms with Crippen LogP contribution in [0.1, 0.15) is 30.9 Å². The summed E-state index contributed by atoms with van der Waals surface area (Å²) in [5.41, 5.74) is 1.42. The van der Waals surface area contributed by atoms with Crippen molar-refractivity contribution in [2.75, 3.05) is 79.7 Å². The number of anilines is 1. The van der Waals surface area contributed by atoms with Gasteiger partial charge < -0.3 is 39.0 Å². The molecule has 0 spiro atoms. The molecule has 0 saturated carbocycles. The third-order valence-electron chi connectivity index (χ3n) is 7.87. The molecule has 2 saturated heterocycles. The van der Waals surface area contributed by atoms with Gasteiger partial charge in [0.1, 0.15) is 5.75 Å². The van der Waals surface area contributed by atoms with Gasteiger partial charge in [-0.15, -0.1) is 0 Å². The van der Waals surface area contributed by atoms with E-state index in [4.69, 9.17) is 18.9 Å². The summed E-state index contributed by atoms with van der Waals surface area (Å²) < 4.78 is 22.0. The fraction of sp³-hybridized carbons (Fsp3) is 0.533. The number of methoxy groups -OCH3 is 4. The van der Waals surface area contributed by atoms with Crippen LogP contribution in [0.4, 0.5) is 5.69 Å². The third-order valence-corrected chi connectivity index (χ3v) is 7.87. The molecule has 0 aromatic heterocycles. The molecule has 0 unspecified atom stereocenters. The molecule has 2 heterocycles. The molecule has 0 bridgehead atoms. The molecular formula is C30H42N4O6. The summed E-state index contributed by atoms with van der Waals surface area (Å²) in [6.45, 7) is 5.80. The van der Waals surface area contributed by atoms with Crippen molar-refractivity contribution < 1.29 is 28.5 Å². The van der Waals surface area contributed by atoms with Crippen LogP contribution < -0.4 is 29.2 Å². The second-order valence-corrected chi connectivity index (χ2v) is 10.3. The second kappa shape index (κ2) is 13.7. The fourth-order valence-electron chi connectivity index (χ4n) is 5.58. The maximum Gasteiger partial charge on any atom is 0.227 e.